The molecule has 6 aromatic rings. The average Bonchev–Trinajstić information content (AvgIpc) is 3.28. The highest BCUT2D eigenvalue weighted by atomic mass is 79.9. The summed E-state index contributed by atoms with van der Waals surface area (Å²) in [6, 6.07) is 46.1. The first kappa shape index (κ1) is 65.1. The molecule has 6 rings (SSSR count). The quantitative estimate of drug-likeness (QED) is 0.0731. The molecule has 0 spiro atoms. The van der Waals surface area contributed by atoms with Gasteiger partial charge in [0.1, 0.15) is 31.3 Å². The van der Waals surface area contributed by atoms with Crippen molar-refractivity contribution in [2.75, 3.05) is 0 Å². The zero-order chi connectivity index (χ0) is 54.1. The van der Waals surface area contributed by atoms with Gasteiger partial charge in [0.15, 0.2) is 30.4 Å². The van der Waals surface area contributed by atoms with Gasteiger partial charge >= 0.3 is 7.12 Å². The molecule has 8 nitrogen and oxygen atoms in total. The summed E-state index contributed by atoms with van der Waals surface area (Å²) >= 11 is 13.0. The molecule has 398 valence electrons. The Hall–Kier alpha value is -3.99. The third kappa shape index (κ3) is 22.4. The van der Waals surface area contributed by atoms with Crippen molar-refractivity contribution in [2.24, 2.45) is 0 Å². The summed E-state index contributed by atoms with van der Waals surface area (Å²) in [5, 5.41) is 29.1. The van der Waals surface area contributed by atoms with Crippen LogP contribution in [0.5, 0.6) is 34.5 Å². The maximum Gasteiger partial charge on any atom is 0.488 e. The summed E-state index contributed by atoms with van der Waals surface area (Å²) in [4.78, 5) is 0. The summed E-state index contributed by atoms with van der Waals surface area (Å²) in [5.74, 6) is 3.42. The van der Waals surface area contributed by atoms with Gasteiger partial charge in [-0.3, -0.25) is 0 Å². The van der Waals surface area contributed by atoms with Crippen LogP contribution in [-0.2, 0) is 19.8 Å². The highest BCUT2D eigenvalue weighted by Gasteiger charge is 2.41. The Balaban J connectivity index is 0.000000352. The fraction of sp³-hybridized carbons (Fsp3) is 0.379. The molecule has 0 aromatic heterocycles. The normalized spacial score (nSPS) is 11.7. The lowest BCUT2D eigenvalue weighted by Crippen LogP contribution is -2.44. The number of hydrogen-bond acceptors (Lipinski definition) is 8. The zero-order valence-electron chi connectivity index (χ0n) is 45.1. The molecule has 0 fully saturated rings. The fourth-order valence-electron chi connectivity index (χ4n) is 5.24. The van der Waals surface area contributed by atoms with E-state index in [9.17, 15) is 15.2 Å². The van der Waals surface area contributed by atoms with E-state index < -0.39 is 31.1 Å². The van der Waals surface area contributed by atoms with Crippen molar-refractivity contribution < 1.29 is 38.2 Å². The third-order valence-corrected chi connectivity index (χ3v) is 27.9. The maximum absolute atomic E-state index is 9.61. The van der Waals surface area contributed by atoms with E-state index in [1.54, 1.807) is 30.3 Å². The smallest absolute Gasteiger partial charge is 0.488 e. The van der Waals surface area contributed by atoms with Crippen molar-refractivity contribution in [2.45, 2.75) is 144 Å². The van der Waals surface area contributed by atoms with Gasteiger partial charge < -0.3 is 38.2 Å². The van der Waals surface area contributed by atoms with Crippen LogP contribution in [0.15, 0.2) is 155 Å². The lowest BCUT2D eigenvalue weighted by atomic mass is 9.80. The standard InChI is InChI=1S/C19H27BO4Si.C19H25BrO2Si.C13H11BrO2.C6H15ClSi.CH4/c1-19(2,3)25(4,5)24-18-13-16(20(21)22)11-12-17(18)23-14-15-9-7-6-8-10-15;1-19(2,3)23(4,5)22-18-13-16(20)11-12-17(18)21-14-15-9-7-6-8-10-15;14-11-6-7-13(12(15)8-11)16-9-10-4-2-1-3-5-10;1-6(2,3)8(4,5)7;/h6-13,21-22H,14H2,1-5H3;6-13H,14H2,1-5H3;1-8,15H,9H2;1-5H3;1H4. The van der Waals surface area contributed by atoms with Gasteiger partial charge in [-0.25, -0.2) is 0 Å². The molecule has 6 aromatic carbocycles. The summed E-state index contributed by atoms with van der Waals surface area (Å²) in [7, 11) is -6.92. The number of ether oxygens (including phenoxy) is 3. The lowest BCUT2D eigenvalue weighted by molar-refractivity contribution is 0.289. The molecule has 0 saturated heterocycles. The fourth-order valence-corrected chi connectivity index (χ4v) is 7.96. The Morgan fingerprint density at radius 2 is 0.767 bits per heavy atom. The molecule has 0 aliphatic rings. The Bertz CT molecular complexity index is 2530. The number of hydrogen-bond donors (Lipinski definition) is 3. The van der Waals surface area contributed by atoms with Gasteiger partial charge in [0.2, 0.25) is 0 Å². The summed E-state index contributed by atoms with van der Waals surface area (Å²) in [5.41, 5.74) is 3.67. The van der Waals surface area contributed by atoms with Crippen LogP contribution in [0, 0.1) is 0 Å². The van der Waals surface area contributed by atoms with Crippen LogP contribution in [0.2, 0.25) is 54.4 Å². The van der Waals surface area contributed by atoms with E-state index in [4.69, 9.17) is 34.1 Å². The van der Waals surface area contributed by atoms with Gasteiger partial charge in [-0.2, -0.15) is 11.1 Å². The summed E-state index contributed by atoms with van der Waals surface area (Å²) in [6.45, 7) is 34.4. The minimum atomic E-state index is -2.09. The van der Waals surface area contributed by atoms with Crippen LogP contribution in [-0.4, -0.2) is 46.3 Å². The molecule has 0 unspecified atom stereocenters. The Labute approximate surface area is 464 Å². The van der Waals surface area contributed by atoms with Gasteiger partial charge in [0.05, 0.1) is 0 Å². The van der Waals surface area contributed by atoms with E-state index in [0.29, 0.717) is 47.6 Å². The van der Waals surface area contributed by atoms with Crippen molar-refractivity contribution >= 4 is 79.5 Å². The minimum absolute atomic E-state index is 0. The third-order valence-electron chi connectivity index (χ3n) is 12.9. The Morgan fingerprint density at radius 1 is 0.452 bits per heavy atom. The van der Waals surface area contributed by atoms with Crippen LogP contribution in [0.1, 0.15) is 86.4 Å². The monoisotopic (exact) mass is 1190 g/mol. The molecule has 73 heavy (non-hydrogen) atoms. The summed E-state index contributed by atoms with van der Waals surface area (Å²) in [6.07, 6.45) is 0. The molecule has 0 bridgehead atoms. The van der Waals surface area contributed by atoms with Crippen LogP contribution in [0.4, 0.5) is 0 Å². The van der Waals surface area contributed by atoms with E-state index >= 15 is 0 Å². The predicted octanol–water partition coefficient (Wildman–Crippen LogP) is 17.3. The molecule has 0 heterocycles. The van der Waals surface area contributed by atoms with Gasteiger partial charge in [-0.1, -0.05) is 212 Å². The number of phenolic OH excluding ortho intramolecular Hbond substituents is 1. The molecule has 0 atom stereocenters. The minimum Gasteiger partial charge on any atom is -0.541 e. The van der Waals surface area contributed by atoms with E-state index in [1.165, 1.54) is 0 Å². The first-order chi connectivity index (χ1) is 33.3. The van der Waals surface area contributed by atoms with Crippen molar-refractivity contribution in [3.63, 3.8) is 0 Å². The van der Waals surface area contributed by atoms with E-state index in [0.717, 1.165) is 37.1 Å². The lowest BCUT2D eigenvalue weighted by Gasteiger charge is -2.37. The van der Waals surface area contributed by atoms with Gasteiger partial charge in [-0.15, -0.1) is 0 Å². The topological polar surface area (TPSA) is 107 Å². The molecule has 0 aliphatic heterocycles. The second-order valence-corrected chi connectivity index (χ2v) is 40.6. The second kappa shape index (κ2) is 28.8. The zero-order valence-corrected chi connectivity index (χ0v) is 52.0. The molecular formula is C58H82BBr2ClO8Si3. The largest absolute Gasteiger partial charge is 0.541 e. The Morgan fingerprint density at radius 3 is 1.10 bits per heavy atom. The maximum atomic E-state index is 9.61. The summed E-state index contributed by atoms with van der Waals surface area (Å²) < 4.78 is 32.1. The first-order valence-electron chi connectivity index (χ1n) is 24.1. The molecule has 0 radical (unpaired) electrons. The molecule has 15 heteroatoms. The number of phenols is 1. The average molecular weight is 1200 g/mol. The van der Waals surface area contributed by atoms with Crippen molar-refractivity contribution in [3.05, 3.63) is 171 Å². The van der Waals surface area contributed by atoms with Crippen molar-refractivity contribution in [1.82, 2.24) is 0 Å². The predicted molar refractivity (Wildman–Crippen MR) is 324 cm³/mol. The SMILES string of the molecule is C.CC(C)(C)[Si](C)(C)Cl.CC(C)(C)[Si](C)(C)Oc1cc(B(O)O)ccc1OCc1ccccc1.CC(C)(C)[Si](C)(C)Oc1cc(Br)ccc1OCc1ccccc1.Oc1cc(Br)ccc1OCc1ccccc1. The first-order valence-corrected chi connectivity index (χ1v) is 35.6. The van der Waals surface area contributed by atoms with Crippen LogP contribution in [0.3, 0.4) is 0 Å². The van der Waals surface area contributed by atoms with E-state index in [-0.39, 0.29) is 23.3 Å². The molecule has 3 N–H and O–H groups in total. The van der Waals surface area contributed by atoms with Crippen LogP contribution < -0.4 is 28.5 Å². The van der Waals surface area contributed by atoms with E-state index in [2.05, 4.69) is 146 Å². The van der Waals surface area contributed by atoms with Gasteiger partial charge in [-0.05, 0) is 112 Å². The number of rotatable bonds is 14. The number of aromatic hydroxyl groups is 1. The molecular weight excluding hydrogens is 1110 g/mol. The van der Waals surface area contributed by atoms with Crippen molar-refractivity contribution in [3.8, 4) is 34.5 Å². The van der Waals surface area contributed by atoms with Crippen LogP contribution in [0.25, 0.3) is 0 Å². The van der Waals surface area contributed by atoms with Gasteiger partial charge in [0.25, 0.3) is 16.6 Å². The molecule has 0 amide bonds. The second-order valence-electron chi connectivity index (χ2n) is 22.1. The van der Waals surface area contributed by atoms with Crippen molar-refractivity contribution in [1.29, 1.82) is 0 Å². The highest BCUT2D eigenvalue weighted by molar-refractivity contribution is 9.10. The number of benzene rings is 6. The Kier molecular flexibility index (Phi) is 25.7. The molecule has 0 saturated carbocycles. The van der Waals surface area contributed by atoms with E-state index in [1.807, 2.05) is 103 Å². The van der Waals surface area contributed by atoms with Gasteiger partial charge in [0, 0.05) is 8.95 Å². The van der Waals surface area contributed by atoms with Crippen LogP contribution >= 0.6 is 42.9 Å². The molecule has 0 aliphatic carbocycles. The highest BCUT2D eigenvalue weighted by Crippen LogP contribution is 2.42. The number of halogens is 3.